The fraction of sp³-hybridized carbons (Fsp3) is 0.269. The summed E-state index contributed by atoms with van der Waals surface area (Å²) in [4.78, 5) is 26.7. The van der Waals surface area contributed by atoms with E-state index in [-0.39, 0.29) is 11.5 Å². The molecule has 0 bridgehead atoms. The molecule has 0 aliphatic rings. The van der Waals surface area contributed by atoms with Gasteiger partial charge < -0.3 is 19.4 Å². The molecule has 2 aromatic carbocycles. The quantitative estimate of drug-likeness (QED) is 0.441. The second-order valence-corrected chi connectivity index (χ2v) is 8.01. The number of aryl methyl sites for hydroxylation is 2. The number of anilines is 1. The molecule has 0 saturated carbocycles. The highest BCUT2D eigenvalue weighted by molar-refractivity contribution is 5.95. The lowest BCUT2D eigenvalue weighted by Crippen LogP contribution is -2.27. The Labute approximate surface area is 197 Å². The summed E-state index contributed by atoms with van der Waals surface area (Å²) in [6.07, 6.45) is 2.24. The summed E-state index contributed by atoms with van der Waals surface area (Å²) in [5.41, 5.74) is 2.64. The summed E-state index contributed by atoms with van der Waals surface area (Å²) >= 11 is 0. The van der Waals surface area contributed by atoms with Gasteiger partial charge in [-0.05, 0) is 44.5 Å². The van der Waals surface area contributed by atoms with Gasteiger partial charge in [-0.15, -0.1) is 0 Å². The average Bonchev–Trinajstić information content (AvgIpc) is 3.11. The highest BCUT2D eigenvalue weighted by Gasteiger charge is 2.26. The van der Waals surface area contributed by atoms with Crippen LogP contribution in [-0.4, -0.2) is 34.5 Å². The van der Waals surface area contributed by atoms with Gasteiger partial charge in [0, 0.05) is 28.5 Å². The number of hydrogen-bond donors (Lipinski definition) is 1. The zero-order valence-electron chi connectivity index (χ0n) is 20.0. The summed E-state index contributed by atoms with van der Waals surface area (Å²) < 4.78 is 13.9. The molecular formula is C26H28N4O4. The van der Waals surface area contributed by atoms with E-state index < -0.39 is 6.04 Å². The Balaban J connectivity index is 1.75. The lowest BCUT2D eigenvalue weighted by atomic mass is 10.1. The molecule has 2 aromatic heterocycles. The van der Waals surface area contributed by atoms with Gasteiger partial charge in [-0.2, -0.15) is 9.78 Å². The predicted molar refractivity (Wildman–Crippen MR) is 132 cm³/mol. The minimum Gasteiger partial charge on any atom is -0.493 e. The first-order chi connectivity index (χ1) is 16.4. The summed E-state index contributed by atoms with van der Waals surface area (Å²) in [7, 11) is 3.11. The van der Waals surface area contributed by atoms with Crippen molar-refractivity contribution < 1.29 is 14.3 Å². The van der Waals surface area contributed by atoms with E-state index >= 15 is 0 Å². The maximum atomic E-state index is 13.4. The van der Waals surface area contributed by atoms with Crippen molar-refractivity contribution in [2.75, 3.05) is 19.5 Å². The summed E-state index contributed by atoms with van der Waals surface area (Å²) in [6, 6.07) is 14.0. The number of nitrogens with one attached hydrogen (secondary N) is 1. The van der Waals surface area contributed by atoms with E-state index in [2.05, 4.69) is 10.4 Å². The highest BCUT2D eigenvalue weighted by atomic mass is 16.5. The van der Waals surface area contributed by atoms with Gasteiger partial charge in [0.1, 0.15) is 6.04 Å². The molecule has 8 nitrogen and oxygen atoms in total. The van der Waals surface area contributed by atoms with Crippen LogP contribution < -0.4 is 20.3 Å². The largest absolute Gasteiger partial charge is 0.493 e. The van der Waals surface area contributed by atoms with E-state index in [1.165, 1.54) is 4.68 Å². The number of rotatable bonds is 7. The van der Waals surface area contributed by atoms with E-state index in [9.17, 15) is 9.59 Å². The monoisotopic (exact) mass is 460 g/mol. The van der Waals surface area contributed by atoms with Gasteiger partial charge in [0.15, 0.2) is 11.5 Å². The third kappa shape index (κ3) is 3.91. The van der Waals surface area contributed by atoms with Gasteiger partial charge >= 0.3 is 0 Å². The van der Waals surface area contributed by atoms with Gasteiger partial charge in [-0.3, -0.25) is 9.59 Å². The Morgan fingerprint density at radius 2 is 1.74 bits per heavy atom. The van der Waals surface area contributed by atoms with Crippen molar-refractivity contribution in [3.05, 3.63) is 76.5 Å². The zero-order valence-corrected chi connectivity index (χ0v) is 20.0. The van der Waals surface area contributed by atoms with Crippen LogP contribution >= 0.6 is 0 Å². The molecule has 1 N–H and O–H groups in total. The van der Waals surface area contributed by atoms with Gasteiger partial charge in [0.05, 0.1) is 31.5 Å². The molecule has 1 atom stereocenters. The minimum atomic E-state index is -0.509. The van der Waals surface area contributed by atoms with E-state index in [0.29, 0.717) is 34.7 Å². The number of benzene rings is 2. The Morgan fingerprint density at radius 1 is 1.03 bits per heavy atom. The Bertz CT molecular complexity index is 1410. The molecular weight excluding hydrogens is 432 g/mol. The van der Waals surface area contributed by atoms with Crippen molar-refractivity contribution in [1.29, 1.82) is 0 Å². The molecule has 0 aliphatic carbocycles. The fourth-order valence-corrected chi connectivity index (χ4v) is 4.42. The molecule has 34 heavy (non-hydrogen) atoms. The van der Waals surface area contributed by atoms with Crippen LogP contribution in [0, 0.1) is 13.8 Å². The van der Waals surface area contributed by atoms with Crippen molar-refractivity contribution in [2.24, 2.45) is 0 Å². The molecule has 1 amide bonds. The van der Waals surface area contributed by atoms with Crippen molar-refractivity contribution in [2.45, 2.75) is 33.2 Å². The molecule has 0 aliphatic heterocycles. The molecule has 8 heteroatoms. The van der Waals surface area contributed by atoms with Crippen LogP contribution in [0.1, 0.15) is 30.8 Å². The molecule has 0 spiro atoms. The van der Waals surface area contributed by atoms with E-state index in [1.54, 1.807) is 38.6 Å². The minimum absolute atomic E-state index is 0.183. The number of amides is 1. The van der Waals surface area contributed by atoms with Gasteiger partial charge in [-0.25, -0.2) is 0 Å². The average molecular weight is 461 g/mol. The summed E-state index contributed by atoms with van der Waals surface area (Å²) in [5, 5.41) is 8.67. The van der Waals surface area contributed by atoms with Crippen LogP contribution in [0.2, 0.25) is 0 Å². The topological polar surface area (TPSA) is 87.4 Å². The number of aromatic nitrogens is 3. The maximum absolute atomic E-state index is 13.4. The number of para-hydroxylation sites is 1. The van der Waals surface area contributed by atoms with Crippen molar-refractivity contribution >= 4 is 22.4 Å². The van der Waals surface area contributed by atoms with E-state index in [1.807, 2.05) is 55.7 Å². The first kappa shape index (κ1) is 23.1. The molecule has 0 fully saturated rings. The number of hydrogen-bond acceptors (Lipinski definition) is 5. The van der Waals surface area contributed by atoms with Crippen molar-refractivity contribution in [3.63, 3.8) is 0 Å². The maximum Gasteiger partial charge on any atom is 0.281 e. The molecule has 176 valence electrons. The van der Waals surface area contributed by atoms with Crippen molar-refractivity contribution in [1.82, 2.24) is 14.3 Å². The summed E-state index contributed by atoms with van der Waals surface area (Å²) in [5.74, 6) is 0.926. The number of nitrogens with zero attached hydrogens (tertiary/aromatic N) is 3. The lowest BCUT2D eigenvalue weighted by molar-refractivity contribution is -0.119. The number of ether oxygens (including phenoxy) is 2. The van der Waals surface area contributed by atoms with Crippen LogP contribution in [0.15, 0.2) is 59.5 Å². The third-order valence-electron chi connectivity index (χ3n) is 6.11. The predicted octanol–water partition coefficient (Wildman–Crippen LogP) is 4.41. The van der Waals surface area contributed by atoms with E-state index in [0.717, 1.165) is 16.8 Å². The molecule has 0 radical (unpaired) electrons. The molecule has 4 aromatic rings. The number of methoxy groups -OCH3 is 2. The number of carbonyl (C=O) groups is 1. The molecule has 2 heterocycles. The zero-order chi connectivity index (χ0) is 24.4. The van der Waals surface area contributed by atoms with Gasteiger partial charge in [0.2, 0.25) is 5.91 Å². The first-order valence-corrected chi connectivity index (χ1v) is 11.1. The van der Waals surface area contributed by atoms with Crippen LogP contribution in [0.4, 0.5) is 5.69 Å². The summed E-state index contributed by atoms with van der Waals surface area (Å²) in [6.45, 7) is 5.73. The number of carbonyl (C=O) groups excluding carboxylic acids is 1. The molecule has 0 saturated heterocycles. The second kappa shape index (κ2) is 9.43. The normalized spacial score (nSPS) is 11.9. The lowest BCUT2D eigenvalue weighted by Gasteiger charge is -2.21. The van der Waals surface area contributed by atoms with Crippen LogP contribution in [-0.2, 0) is 4.79 Å². The van der Waals surface area contributed by atoms with Crippen LogP contribution in [0.5, 0.6) is 11.5 Å². The van der Waals surface area contributed by atoms with Crippen molar-refractivity contribution in [3.8, 4) is 17.2 Å². The second-order valence-electron chi connectivity index (χ2n) is 8.01. The van der Waals surface area contributed by atoms with Gasteiger partial charge in [-0.1, -0.05) is 25.1 Å². The standard InChI is InChI=1S/C26H28N4O4/c1-6-21(25(31)28-18-12-13-22(33-4)23(14-18)34-5)29-16(2)20-15-27-30(19-10-8-7-9-11-19)26(32)24(20)17(29)3/h7-15,21H,6H2,1-5H3,(H,28,31)/t21-/m1/s1. The molecule has 0 unspecified atom stereocenters. The number of fused-ring (bicyclic) bond motifs is 1. The first-order valence-electron chi connectivity index (χ1n) is 11.1. The fourth-order valence-electron chi connectivity index (χ4n) is 4.42. The Hall–Kier alpha value is -4.07. The van der Waals surface area contributed by atoms with Gasteiger partial charge in [0.25, 0.3) is 5.56 Å². The SMILES string of the molecule is CC[C@H](C(=O)Nc1ccc(OC)c(OC)c1)n1c(C)c2cnn(-c3ccccc3)c(=O)c2c1C. The smallest absolute Gasteiger partial charge is 0.281 e. The van der Waals surface area contributed by atoms with Crippen LogP contribution in [0.25, 0.3) is 16.5 Å². The highest BCUT2D eigenvalue weighted by Crippen LogP contribution is 2.32. The Morgan fingerprint density at radius 3 is 2.38 bits per heavy atom. The molecule has 4 rings (SSSR count). The van der Waals surface area contributed by atoms with Crippen LogP contribution in [0.3, 0.4) is 0 Å². The third-order valence-corrected chi connectivity index (χ3v) is 6.11. The van der Waals surface area contributed by atoms with E-state index in [4.69, 9.17) is 9.47 Å². The Kier molecular flexibility index (Phi) is 6.40.